The lowest BCUT2D eigenvalue weighted by atomic mass is 10.1. The van der Waals surface area contributed by atoms with Crippen LogP contribution in [0.25, 0.3) is 0 Å². The zero-order valence-electron chi connectivity index (χ0n) is 12.8. The van der Waals surface area contributed by atoms with Gasteiger partial charge >= 0.3 is 6.18 Å². The number of nitrogens with zero attached hydrogens (tertiary/aromatic N) is 1. The molecule has 0 bridgehead atoms. The summed E-state index contributed by atoms with van der Waals surface area (Å²) in [6, 6.07) is 14.6. The Morgan fingerprint density at radius 3 is 2.58 bits per heavy atom. The molecular weight excluding hydrogens is 335 g/mol. The molecule has 1 fully saturated rings. The van der Waals surface area contributed by atoms with Crippen molar-refractivity contribution >= 4 is 17.7 Å². The molecule has 2 aromatic carbocycles. The van der Waals surface area contributed by atoms with Crippen molar-refractivity contribution in [2.24, 2.45) is 0 Å². The van der Waals surface area contributed by atoms with Gasteiger partial charge in [-0.1, -0.05) is 42.5 Å². The highest BCUT2D eigenvalue weighted by atomic mass is 32.2. The molecule has 1 saturated heterocycles. The Hall–Kier alpha value is -1.95. The molecule has 0 saturated carbocycles. The fraction of sp³-hybridized carbons (Fsp3) is 0.278. The Morgan fingerprint density at radius 2 is 1.88 bits per heavy atom. The lowest BCUT2D eigenvalue weighted by molar-refractivity contribution is -0.137. The summed E-state index contributed by atoms with van der Waals surface area (Å²) in [4.78, 5) is 14.2. The highest BCUT2D eigenvalue weighted by molar-refractivity contribution is 7.99. The van der Waals surface area contributed by atoms with Crippen molar-refractivity contribution in [3.8, 4) is 0 Å². The van der Waals surface area contributed by atoms with Gasteiger partial charge < -0.3 is 4.90 Å². The number of hydrogen-bond donors (Lipinski definition) is 0. The average Bonchev–Trinajstić information content (AvgIpc) is 3.05. The van der Waals surface area contributed by atoms with Crippen LogP contribution in [-0.4, -0.2) is 23.1 Å². The minimum Gasteiger partial charge on any atom is -0.325 e. The number of amides is 1. The molecular formula is C18H16F3NOS. The van der Waals surface area contributed by atoms with Gasteiger partial charge in [0.25, 0.3) is 0 Å². The van der Waals surface area contributed by atoms with Crippen LogP contribution in [0, 0.1) is 0 Å². The molecule has 1 amide bonds. The van der Waals surface area contributed by atoms with E-state index in [1.54, 1.807) is 11.0 Å². The van der Waals surface area contributed by atoms with Crippen molar-refractivity contribution < 1.29 is 18.0 Å². The molecule has 2 nitrogen and oxygen atoms in total. The van der Waals surface area contributed by atoms with Crippen LogP contribution in [0.3, 0.4) is 0 Å². The van der Waals surface area contributed by atoms with Gasteiger partial charge in [0.1, 0.15) is 5.37 Å². The standard InChI is InChI=1S/C18H16F3NOS/c19-18(20,21)15-8-4-7-14(12-15)17-22(9-10-24-17)16(23)11-13-5-2-1-3-6-13/h1-8,12,17H,9-11H2. The summed E-state index contributed by atoms with van der Waals surface area (Å²) in [5, 5.41) is -0.358. The van der Waals surface area contributed by atoms with Gasteiger partial charge in [-0.2, -0.15) is 13.2 Å². The molecule has 1 atom stereocenters. The molecule has 2 aromatic rings. The van der Waals surface area contributed by atoms with E-state index in [0.29, 0.717) is 12.1 Å². The number of carbonyl (C=O) groups is 1. The molecule has 1 aliphatic rings. The van der Waals surface area contributed by atoms with Crippen molar-refractivity contribution in [2.75, 3.05) is 12.3 Å². The smallest absolute Gasteiger partial charge is 0.325 e. The van der Waals surface area contributed by atoms with Crippen LogP contribution in [-0.2, 0) is 17.4 Å². The van der Waals surface area contributed by atoms with Crippen molar-refractivity contribution in [1.29, 1.82) is 0 Å². The van der Waals surface area contributed by atoms with E-state index in [0.717, 1.165) is 23.4 Å². The van der Waals surface area contributed by atoms with Crippen LogP contribution < -0.4 is 0 Å². The first-order chi connectivity index (χ1) is 11.4. The molecule has 1 unspecified atom stereocenters. The number of rotatable bonds is 3. The Kier molecular flexibility index (Phi) is 4.85. The summed E-state index contributed by atoms with van der Waals surface area (Å²) < 4.78 is 38.7. The van der Waals surface area contributed by atoms with Crippen LogP contribution >= 0.6 is 11.8 Å². The first-order valence-electron chi connectivity index (χ1n) is 7.57. The van der Waals surface area contributed by atoms with Crippen molar-refractivity contribution in [3.63, 3.8) is 0 Å². The predicted octanol–water partition coefficient (Wildman–Crippen LogP) is 4.52. The molecule has 1 heterocycles. The largest absolute Gasteiger partial charge is 0.416 e. The van der Waals surface area contributed by atoms with Crippen molar-refractivity contribution in [2.45, 2.75) is 18.0 Å². The highest BCUT2D eigenvalue weighted by Crippen LogP contribution is 2.40. The maximum absolute atomic E-state index is 12.9. The summed E-state index contributed by atoms with van der Waals surface area (Å²) in [6.45, 7) is 0.553. The normalized spacial score (nSPS) is 18.0. The Balaban J connectivity index is 1.79. The van der Waals surface area contributed by atoms with Gasteiger partial charge in [-0.3, -0.25) is 4.79 Å². The summed E-state index contributed by atoms with van der Waals surface area (Å²) in [6.07, 6.45) is -4.12. The van der Waals surface area contributed by atoms with Crippen molar-refractivity contribution in [3.05, 3.63) is 71.3 Å². The molecule has 24 heavy (non-hydrogen) atoms. The second-order valence-electron chi connectivity index (χ2n) is 5.60. The second-order valence-corrected chi connectivity index (χ2v) is 6.78. The number of hydrogen-bond acceptors (Lipinski definition) is 2. The number of carbonyl (C=O) groups excluding carboxylic acids is 1. The zero-order chi connectivity index (χ0) is 17.2. The molecule has 0 aromatic heterocycles. The number of thioether (sulfide) groups is 1. The topological polar surface area (TPSA) is 20.3 Å². The van der Waals surface area contributed by atoms with Crippen LogP contribution in [0.15, 0.2) is 54.6 Å². The summed E-state index contributed by atoms with van der Waals surface area (Å²) in [5.41, 5.74) is 0.749. The van der Waals surface area contributed by atoms with Gasteiger partial charge in [0, 0.05) is 12.3 Å². The van der Waals surface area contributed by atoms with E-state index >= 15 is 0 Å². The second kappa shape index (κ2) is 6.89. The first-order valence-corrected chi connectivity index (χ1v) is 8.62. The van der Waals surface area contributed by atoms with E-state index in [4.69, 9.17) is 0 Å². The Bertz CT molecular complexity index is 718. The van der Waals surface area contributed by atoms with Gasteiger partial charge in [-0.05, 0) is 23.3 Å². The summed E-state index contributed by atoms with van der Waals surface area (Å²) >= 11 is 1.50. The molecule has 0 spiro atoms. The number of halogens is 3. The van der Waals surface area contributed by atoms with Gasteiger partial charge in [-0.15, -0.1) is 11.8 Å². The summed E-state index contributed by atoms with van der Waals surface area (Å²) in [5.74, 6) is 0.662. The molecule has 0 aliphatic carbocycles. The predicted molar refractivity (Wildman–Crippen MR) is 88.5 cm³/mol. The van der Waals surface area contributed by atoms with E-state index in [1.165, 1.54) is 17.8 Å². The van der Waals surface area contributed by atoms with E-state index < -0.39 is 11.7 Å². The van der Waals surface area contributed by atoms with Gasteiger partial charge in [0.05, 0.1) is 12.0 Å². The van der Waals surface area contributed by atoms with Crippen LogP contribution in [0.2, 0.25) is 0 Å². The third kappa shape index (κ3) is 3.75. The van der Waals surface area contributed by atoms with E-state index in [1.807, 2.05) is 30.3 Å². The third-order valence-electron chi connectivity index (χ3n) is 3.91. The first kappa shape index (κ1) is 16.9. The van der Waals surface area contributed by atoms with Gasteiger partial charge in [0.2, 0.25) is 5.91 Å². The summed E-state index contributed by atoms with van der Waals surface area (Å²) in [7, 11) is 0. The average molecular weight is 351 g/mol. The van der Waals surface area contributed by atoms with Crippen molar-refractivity contribution in [1.82, 2.24) is 4.90 Å². The number of alkyl halides is 3. The lowest BCUT2D eigenvalue weighted by Gasteiger charge is -2.25. The number of benzene rings is 2. The quantitative estimate of drug-likeness (QED) is 0.810. The Labute approximate surface area is 142 Å². The van der Waals surface area contributed by atoms with E-state index in [2.05, 4.69) is 0 Å². The monoisotopic (exact) mass is 351 g/mol. The van der Waals surface area contributed by atoms with Crippen LogP contribution in [0.5, 0.6) is 0 Å². The van der Waals surface area contributed by atoms with Crippen LogP contribution in [0.1, 0.15) is 22.1 Å². The fourth-order valence-corrected chi connectivity index (χ4v) is 4.01. The molecule has 1 aliphatic heterocycles. The fourth-order valence-electron chi connectivity index (χ4n) is 2.74. The van der Waals surface area contributed by atoms with Gasteiger partial charge in [-0.25, -0.2) is 0 Å². The molecule has 0 N–H and O–H groups in total. The zero-order valence-corrected chi connectivity index (χ0v) is 13.6. The third-order valence-corrected chi connectivity index (χ3v) is 5.17. The van der Waals surface area contributed by atoms with E-state index in [-0.39, 0.29) is 17.7 Å². The van der Waals surface area contributed by atoms with E-state index in [9.17, 15) is 18.0 Å². The molecule has 0 radical (unpaired) electrons. The maximum Gasteiger partial charge on any atom is 0.416 e. The maximum atomic E-state index is 12.9. The minimum atomic E-state index is -4.38. The lowest BCUT2D eigenvalue weighted by Crippen LogP contribution is -2.31. The highest BCUT2D eigenvalue weighted by Gasteiger charge is 2.34. The Morgan fingerprint density at radius 1 is 1.12 bits per heavy atom. The molecule has 3 rings (SSSR count). The van der Waals surface area contributed by atoms with Gasteiger partial charge in [0.15, 0.2) is 0 Å². The molecule has 126 valence electrons. The SMILES string of the molecule is O=C(Cc1ccccc1)N1CCSC1c1cccc(C(F)(F)F)c1. The van der Waals surface area contributed by atoms with Crippen LogP contribution in [0.4, 0.5) is 13.2 Å². The minimum absolute atomic E-state index is 0.0615. The molecule has 6 heteroatoms.